The molecule has 1 amide bonds. The van der Waals surface area contributed by atoms with Crippen molar-refractivity contribution in [3.8, 4) is 11.5 Å². The van der Waals surface area contributed by atoms with Crippen LogP contribution in [0.2, 0.25) is 0 Å². The Hall–Kier alpha value is -2.79. The van der Waals surface area contributed by atoms with Crippen LogP contribution in [0.5, 0.6) is 11.5 Å². The van der Waals surface area contributed by atoms with Gasteiger partial charge in [-0.05, 0) is 61.6 Å². The molecule has 0 unspecified atom stereocenters. The molecule has 1 aliphatic carbocycles. The van der Waals surface area contributed by atoms with Crippen LogP contribution in [0.3, 0.4) is 0 Å². The SMILES string of the molecule is COc1ccc(CN(C[C@H]2CCCO2)C(=O)C2CCC2)cc1OS(=O)(=O)c1cccc(C(F)(F)F)c1. The van der Waals surface area contributed by atoms with Crippen molar-refractivity contribution in [1.29, 1.82) is 0 Å². The molecule has 2 aromatic carbocycles. The Balaban J connectivity index is 1.58. The zero-order valence-electron chi connectivity index (χ0n) is 19.8. The Bertz CT molecular complexity index is 1190. The van der Waals surface area contributed by atoms with E-state index < -0.39 is 26.8 Å². The van der Waals surface area contributed by atoms with E-state index >= 15 is 0 Å². The third-order valence-corrected chi connectivity index (χ3v) is 7.70. The highest BCUT2D eigenvalue weighted by atomic mass is 32.2. The van der Waals surface area contributed by atoms with Gasteiger partial charge in [-0.25, -0.2) is 0 Å². The van der Waals surface area contributed by atoms with Crippen LogP contribution < -0.4 is 8.92 Å². The van der Waals surface area contributed by atoms with Crippen LogP contribution in [0.25, 0.3) is 0 Å². The number of hydrogen-bond donors (Lipinski definition) is 0. The molecule has 1 aliphatic heterocycles. The van der Waals surface area contributed by atoms with Gasteiger partial charge in [0.2, 0.25) is 5.91 Å². The van der Waals surface area contributed by atoms with Crippen LogP contribution in [0.1, 0.15) is 43.2 Å². The summed E-state index contributed by atoms with van der Waals surface area (Å²) in [6, 6.07) is 7.96. The van der Waals surface area contributed by atoms with Crippen molar-refractivity contribution in [2.45, 2.75) is 55.8 Å². The van der Waals surface area contributed by atoms with Gasteiger partial charge in [0.15, 0.2) is 11.5 Å². The number of nitrogens with zero attached hydrogens (tertiary/aromatic N) is 1. The minimum atomic E-state index is -4.71. The molecule has 196 valence electrons. The first-order valence-corrected chi connectivity index (χ1v) is 13.2. The lowest BCUT2D eigenvalue weighted by Gasteiger charge is -2.33. The van der Waals surface area contributed by atoms with Crippen LogP contribution >= 0.6 is 0 Å². The summed E-state index contributed by atoms with van der Waals surface area (Å²) in [5, 5.41) is 0. The van der Waals surface area contributed by atoms with Gasteiger partial charge in [-0.1, -0.05) is 18.6 Å². The van der Waals surface area contributed by atoms with E-state index in [9.17, 15) is 26.4 Å². The van der Waals surface area contributed by atoms with Crippen molar-refractivity contribution in [1.82, 2.24) is 4.90 Å². The average Bonchev–Trinajstić information content (AvgIpc) is 3.30. The van der Waals surface area contributed by atoms with E-state index in [4.69, 9.17) is 13.7 Å². The molecule has 7 nitrogen and oxygen atoms in total. The average molecular weight is 528 g/mol. The standard InChI is InChI=1S/C25H28F3NO6S/c1-33-22-11-10-17(15-29(16-20-8-4-12-34-20)24(30)18-5-2-6-18)13-23(22)35-36(31,32)21-9-3-7-19(14-21)25(26,27)28/h3,7,9-11,13-14,18,20H,2,4-6,8,12,15-16H2,1H3/t20-/m1/s1. The molecule has 2 fully saturated rings. The normalized spacial score (nSPS) is 18.5. The van der Waals surface area contributed by atoms with Crippen molar-refractivity contribution < 1.29 is 40.0 Å². The molecule has 1 atom stereocenters. The summed E-state index contributed by atoms with van der Waals surface area (Å²) in [6.07, 6.45) is -0.268. The van der Waals surface area contributed by atoms with E-state index in [2.05, 4.69) is 0 Å². The molecule has 0 radical (unpaired) electrons. The lowest BCUT2D eigenvalue weighted by molar-refractivity contribution is -0.140. The highest BCUT2D eigenvalue weighted by Gasteiger charge is 2.33. The summed E-state index contributed by atoms with van der Waals surface area (Å²) in [5.41, 5.74) is -0.511. The van der Waals surface area contributed by atoms with E-state index in [1.54, 1.807) is 11.0 Å². The summed E-state index contributed by atoms with van der Waals surface area (Å²) in [7, 11) is -3.28. The number of amides is 1. The van der Waals surface area contributed by atoms with E-state index in [0.29, 0.717) is 24.8 Å². The summed E-state index contributed by atoms with van der Waals surface area (Å²) in [6.45, 7) is 1.29. The van der Waals surface area contributed by atoms with Crippen LogP contribution in [0.15, 0.2) is 47.4 Å². The van der Waals surface area contributed by atoms with Crippen molar-refractivity contribution in [3.05, 3.63) is 53.6 Å². The van der Waals surface area contributed by atoms with E-state index in [-0.39, 0.29) is 36.0 Å². The second kappa shape index (κ2) is 10.7. The van der Waals surface area contributed by atoms with Gasteiger partial charge in [0.1, 0.15) is 4.90 Å². The van der Waals surface area contributed by atoms with E-state index in [0.717, 1.165) is 50.3 Å². The number of halogens is 3. The number of alkyl halides is 3. The van der Waals surface area contributed by atoms with Gasteiger partial charge < -0.3 is 18.6 Å². The number of carbonyl (C=O) groups is 1. The zero-order chi connectivity index (χ0) is 25.9. The number of ether oxygens (including phenoxy) is 2. The molecule has 2 aliphatic rings. The first kappa shape index (κ1) is 26.3. The number of rotatable bonds is 9. The van der Waals surface area contributed by atoms with Gasteiger partial charge in [0.25, 0.3) is 0 Å². The monoisotopic (exact) mass is 527 g/mol. The second-order valence-electron chi connectivity index (χ2n) is 9.03. The summed E-state index contributed by atoms with van der Waals surface area (Å²) < 4.78 is 81.0. The van der Waals surface area contributed by atoms with Crippen LogP contribution in [0.4, 0.5) is 13.2 Å². The minimum Gasteiger partial charge on any atom is -0.493 e. The first-order valence-electron chi connectivity index (χ1n) is 11.8. The fraction of sp³-hybridized carbons (Fsp3) is 0.480. The number of carbonyl (C=O) groups excluding carboxylic acids is 1. The number of methoxy groups -OCH3 is 1. The Morgan fingerprint density at radius 1 is 1.08 bits per heavy atom. The largest absolute Gasteiger partial charge is 0.493 e. The molecule has 0 bridgehead atoms. The van der Waals surface area contributed by atoms with E-state index in [1.807, 2.05) is 0 Å². The Kier molecular flexibility index (Phi) is 7.79. The quantitative estimate of drug-likeness (QED) is 0.436. The molecule has 0 spiro atoms. The van der Waals surface area contributed by atoms with Crippen molar-refractivity contribution >= 4 is 16.0 Å². The Morgan fingerprint density at radius 2 is 1.86 bits per heavy atom. The van der Waals surface area contributed by atoms with Gasteiger partial charge in [0, 0.05) is 25.6 Å². The number of hydrogen-bond acceptors (Lipinski definition) is 6. The van der Waals surface area contributed by atoms with Crippen LogP contribution in [-0.4, -0.2) is 45.6 Å². The van der Waals surface area contributed by atoms with Crippen molar-refractivity contribution in [3.63, 3.8) is 0 Å². The Labute approximate surface area is 208 Å². The van der Waals surface area contributed by atoms with Gasteiger partial charge in [-0.3, -0.25) is 4.79 Å². The molecule has 0 N–H and O–H groups in total. The summed E-state index contributed by atoms with van der Waals surface area (Å²) in [5.74, 6) is -0.0841. The summed E-state index contributed by atoms with van der Waals surface area (Å²) in [4.78, 5) is 14.2. The third kappa shape index (κ3) is 6.12. The van der Waals surface area contributed by atoms with Gasteiger partial charge in [-0.15, -0.1) is 0 Å². The third-order valence-electron chi connectivity index (χ3n) is 6.47. The van der Waals surface area contributed by atoms with Crippen molar-refractivity contribution in [2.75, 3.05) is 20.3 Å². The molecule has 36 heavy (non-hydrogen) atoms. The first-order chi connectivity index (χ1) is 17.1. The molecular formula is C25H28F3NO6S. The fourth-order valence-electron chi connectivity index (χ4n) is 4.28. The smallest absolute Gasteiger partial charge is 0.416 e. The van der Waals surface area contributed by atoms with Crippen LogP contribution in [-0.2, 0) is 32.4 Å². The maximum absolute atomic E-state index is 13.1. The fourth-order valence-corrected chi connectivity index (χ4v) is 5.26. The molecule has 1 heterocycles. The minimum absolute atomic E-state index is 0.0262. The number of benzene rings is 2. The van der Waals surface area contributed by atoms with Gasteiger partial charge in [0.05, 0.1) is 18.8 Å². The predicted octanol–water partition coefficient (Wildman–Crippen LogP) is 4.79. The molecular weight excluding hydrogens is 499 g/mol. The summed E-state index contributed by atoms with van der Waals surface area (Å²) >= 11 is 0. The van der Waals surface area contributed by atoms with Gasteiger partial charge in [-0.2, -0.15) is 21.6 Å². The lowest BCUT2D eigenvalue weighted by Crippen LogP contribution is -2.42. The van der Waals surface area contributed by atoms with Crippen molar-refractivity contribution in [2.24, 2.45) is 5.92 Å². The molecule has 0 aromatic heterocycles. The zero-order valence-corrected chi connectivity index (χ0v) is 20.6. The lowest BCUT2D eigenvalue weighted by atomic mass is 9.84. The maximum Gasteiger partial charge on any atom is 0.416 e. The Morgan fingerprint density at radius 3 is 2.47 bits per heavy atom. The molecule has 1 saturated heterocycles. The van der Waals surface area contributed by atoms with E-state index in [1.165, 1.54) is 19.2 Å². The topological polar surface area (TPSA) is 82.1 Å². The molecule has 2 aromatic rings. The maximum atomic E-state index is 13.1. The van der Waals surface area contributed by atoms with Crippen LogP contribution in [0, 0.1) is 5.92 Å². The molecule has 11 heteroatoms. The van der Waals surface area contributed by atoms with Gasteiger partial charge >= 0.3 is 16.3 Å². The molecule has 4 rings (SSSR count). The molecule has 1 saturated carbocycles. The second-order valence-corrected chi connectivity index (χ2v) is 10.6. The highest BCUT2D eigenvalue weighted by molar-refractivity contribution is 7.87. The predicted molar refractivity (Wildman–Crippen MR) is 124 cm³/mol. The highest BCUT2D eigenvalue weighted by Crippen LogP contribution is 2.35.